The quantitative estimate of drug-likeness (QED) is 0.430. The van der Waals surface area contributed by atoms with Gasteiger partial charge in [0.05, 0.1) is 21.4 Å². The highest BCUT2D eigenvalue weighted by atomic mass is 35.5. The summed E-state index contributed by atoms with van der Waals surface area (Å²) < 4.78 is 5.11. The van der Waals surface area contributed by atoms with Crippen molar-refractivity contribution in [3.05, 3.63) is 52.5 Å². The Labute approximate surface area is 164 Å². The van der Waals surface area contributed by atoms with Crippen molar-refractivity contribution >= 4 is 40.5 Å². The molecule has 0 aliphatic carbocycles. The first-order valence-corrected chi connectivity index (χ1v) is 8.36. The summed E-state index contributed by atoms with van der Waals surface area (Å²) in [4.78, 5) is 11.0. The lowest BCUT2D eigenvalue weighted by atomic mass is 10.2. The Kier molecular flexibility index (Phi) is 15.7. The summed E-state index contributed by atoms with van der Waals surface area (Å²) in [5.41, 5.74) is 1.19. The summed E-state index contributed by atoms with van der Waals surface area (Å²) in [6.45, 7) is 5.21. The second-order valence-corrected chi connectivity index (χ2v) is 5.26. The van der Waals surface area contributed by atoms with Gasteiger partial charge in [-0.15, -0.1) is 0 Å². The number of hydrogen-bond acceptors (Lipinski definition) is 6. The Bertz CT molecular complexity index is 633. The highest BCUT2D eigenvalue weighted by Crippen LogP contribution is 2.35. The van der Waals surface area contributed by atoms with Crippen LogP contribution in [-0.4, -0.2) is 29.4 Å². The molecule has 0 spiro atoms. The maximum atomic E-state index is 11.0. The third-order valence-corrected chi connectivity index (χ3v) is 2.99. The normalized spacial score (nSPS) is 8.73. The van der Waals surface area contributed by atoms with E-state index in [1.165, 1.54) is 6.92 Å². The third kappa shape index (κ3) is 10.2. The maximum Gasteiger partial charge on any atom is 0.308 e. The fourth-order valence-electron chi connectivity index (χ4n) is 1.57. The molecule has 0 aromatic heterocycles. The summed E-state index contributed by atoms with van der Waals surface area (Å²) in [5, 5.41) is 19.2. The van der Waals surface area contributed by atoms with Crippen molar-refractivity contribution < 1.29 is 19.7 Å². The zero-order valence-electron chi connectivity index (χ0n) is 15.1. The van der Waals surface area contributed by atoms with Gasteiger partial charge in [-0.1, -0.05) is 41.4 Å². The molecule has 0 saturated heterocycles. The minimum Gasteiger partial charge on any atom is -0.424 e. The number of halogens is 2. The molecule has 0 radical (unpaired) electrons. The van der Waals surface area contributed by atoms with Gasteiger partial charge in [0.25, 0.3) is 0 Å². The van der Waals surface area contributed by atoms with Gasteiger partial charge in [0.15, 0.2) is 5.75 Å². The Hall–Kier alpha value is -1.83. The third-order valence-electron chi connectivity index (χ3n) is 2.36. The van der Waals surface area contributed by atoms with Gasteiger partial charge < -0.3 is 26.4 Å². The molecule has 2 rings (SSSR count). The van der Waals surface area contributed by atoms with E-state index >= 15 is 0 Å². The minimum absolute atomic E-state index is 0. The van der Waals surface area contributed by atoms with Crippen LogP contribution in [0.15, 0.2) is 42.5 Å². The molecule has 0 atom stereocenters. The molecular weight excluding hydrogens is 379 g/mol. The van der Waals surface area contributed by atoms with Crippen LogP contribution in [0.5, 0.6) is 5.75 Å². The van der Waals surface area contributed by atoms with Gasteiger partial charge >= 0.3 is 5.97 Å². The number of para-hydroxylation sites is 3. The van der Waals surface area contributed by atoms with Crippen LogP contribution in [-0.2, 0) is 4.79 Å². The number of esters is 1. The lowest BCUT2D eigenvalue weighted by molar-refractivity contribution is -0.131. The van der Waals surface area contributed by atoms with Crippen LogP contribution in [0.3, 0.4) is 0 Å². The molecule has 8 heteroatoms. The number of aliphatic hydroxyl groups is 2. The molecule has 0 saturated carbocycles. The van der Waals surface area contributed by atoms with Gasteiger partial charge in [-0.3, -0.25) is 4.79 Å². The number of carbonyl (C=O) groups is 1. The number of nitrogens with one attached hydrogen (secondary N) is 1. The Morgan fingerprint density at radius 3 is 1.92 bits per heavy atom. The molecule has 26 heavy (non-hydrogen) atoms. The number of ether oxygens (including phenoxy) is 1. The Morgan fingerprint density at radius 1 is 1.00 bits per heavy atom. The van der Waals surface area contributed by atoms with Crippen molar-refractivity contribution in [2.45, 2.75) is 20.8 Å². The van der Waals surface area contributed by atoms with Gasteiger partial charge in [0.1, 0.15) is 0 Å². The highest BCUT2D eigenvalue weighted by molar-refractivity contribution is 6.39. The molecule has 0 amide bonds. The molecular formula is C18H26Cl2N2O4. The van der Waals surface area contributed by atoms with E-state index in [2.05, 4.69) is 5.32 Å². The molecule has 146 valence electrons. The van der Waals surface area contributed by atoms with E-state index in [0.717, 1.165) is 0 Å². The van der Waals surface area contributed by atoms with Crippen molar-refractivity contribution in [3.8, 4) is 5.75 Å². The van der Waals surface area contributed by atoms with Crippen LogP contribution in [0.2, 0.25) is 10.0 Å². The predicted octanol–water partition coefficient (Wildman–Crippen LogP) is 4.82. The predicted molar refractivity (Wildman–Crippen MR) is 108 cm³/mol. The van der Waals surface area contributed by atoms with Crippen molar-refractivity contribution in [2.24, 2.45) is 0 Å². The average Bonchev–Trinajstić information content (AvgIpc) is 2.53. The van der Waals surface area contributed by atoms with Crippen molar-refractivity contribution in [2.75, 3.05) is 18.5 Å². The molecule has 0 heterocycles. The molecule has 0 fully saturated rings. The lowest BCUT2D eigenvalue weighted by Gasteiger charge is -2.13. The second kappa shape index (κ2) is 15.4. The molecule has 0 unspecified atom stereocenters. The van der Waals surface area contributed by atoms with Crippen LogP contribution in [0.25, 0.3) is 0 Å². The van der Waals surface area contributed by atoms with Crippen LogP contribution >= 0.6 is 23.2 Å². The topological polar surface area (TPSA) is 114 Å². The van der Waals surface area contributed by atoms with E-state index < -0.39 is 0 Å². The molecule has 0 aliphatic heterocycles. The van der Waals surface area contributed by atoms with Crippen molar-refractivity contribution in [1.82, 2.24) is 6.15 Å². The fourth-order valence-corrected chi connectivity index (χ4v) is 2.06. The van der Waals surface area contributed by atoms with Gasteiger partial charge in [-0.25, -0.2) is 0 Å². The monoisotopic (exact) mass is 404 g/mol. The zero-order chi connectivity index (χ0) is 19.2. The molecule has 6 nitrogen and oxygen atoms in total. The summed E-state index contributed by atoms with van der Waals surface area (Å²) in [5.74, 6) is 0.0329. The maximum absolute atomic E-state index is 11.0. The van der Waals surface area contributed by atoms with Gasteiger partial charge in [0, 0.05) is 20.1 Å². The van der Waals surface area contributed by atoms with Gasteiger partial charge in [-0.05, 0) is 38.1 Å². The van der Waals surface area contributed by atoms with Crippen LogP contribution in [0.1, 0.15) is 20.8 Å². The minimum atomic E-state index is -0.389. The summed E-state index contributed by atoms with van der Waals surface area (Å²) in [6, 6.07) is 12.3. The largest absolute Gasteiger partial charge is 0.424 e. The number of hydrogen-bond donors (Lipinski definition) is 4. The Morgan fingerprint density at radius 2 is 1.46 bits per heavy atom. The van der Waals surface area contributed by atoms with Crippen LogP contribution in [0, 0.1) is 0 Å². The summed E-state index contributed by atoms with van der Waals surface area (Å²) >= 11 is 12.2. The van der Waals surface area contributed by atoms with Gasteiger partial charge in [0.2, 0.25) is 0 Å². The fraction of sp³-hybridized carbons (Fsp3) is 0.278. The van der Waals surface area contributed by atoms with E-state index in [1.807, 2.05) is 6.07 Å². The van der Waals surface area contributed by atoms with Gasteiger partial charge in [-0.2, -0.15) is 0 Å². The van der Waals surface area contributed by atoms with Crippen LogP contribution < -0.4 is 16.2 Å². The highest BCUT2D eigenvalue weighted by Gasteiger charge is 2.10. The van der Waals surface area contributed by atoms with E-state index in [4.69, 9.17) is 38.2 Å². The van der Waals surface area contributed by atoms with Crippen molar-refractivity contribution in [3.63, 3.8) is 0 Å². The van der Waals surface area contributed by atoms with E-state index in [9.17, 15) is 4.79 Å². The Balaban J connectivity index is 0. The number of rotatable bonds is 3. The molecule has 6 N–H and O–H groups in total. The van der Waals surface area contributed by atoms with Crippen molar-refractivity contribution in [1.29, 1.82) is 0 Å². The number of aliphatic hydroxyl groups excluding tert-OH is 2. The standard InChI is InChI=1S/C14H11Cl2NO2.2C2H6O.H3N/c1-9(18)19-13-8-3-2-7-12(13)17-14-10(15)5-4-6-11(14)16;2*1-2-3;/h2-8,17H,1H3;2*3H,2H2,1H3;1H3. The first kappa shape index (κ1) is 26.4. The molecule has 0 bridgehead atoms. The van der Waals surface area contributed by atoms with E-state index in [0.29, 0.717) is 27.2 Å². The second-order valence-electron chi connectivity index (χ2n) is 4.44. The number of anilines is 2. The molecule has 2 aromatic carbocycles. The number of carbonyl (C=O) groups excluding carboxylic acids is 1. The lowest BCUT2D eigenvalue weighted by Crippen LogP contribution is -2.04. The molecule has 2 aromatic rings. The summed E-state index contributed by atoms with van der Waals surface area (Å²) in [7, 11) is 0. The molecule has 0 aliphatic rings. The zero-order valence-corrected chi connectivity index (χ0v) is 16.6. The number of benzene rings is 2. The SMILES string of the molecule is CC(=O)Oc1ccccc1Nc1c(Cl)cccc1Cl.CCO.CCO.N. The first-order valence-electron chi connectivity index (χ1n) is 7.61. The first-order chi connectivity index (χ1) is 11.9. The van der Waals surface area contributed by atoms with E-state index in [1.54, 1.807) is 50.2 Å². The summed E-state index contributed by atoms with van der Waals surface area (Å²) in [6.07, 6.45) is 0. The smallest absolute Gasteiger partial charge is 0.308 e. The average molecular weight is 405 g/mol. The van der Waals surface area contributed by atoms with E-state index in [-0.39, 0.29) is 25.3 Å². The van der Waals surface area contributed by atoms with Crippen LogP contribution in [0.4, 0.5) is 11.4 Å².